The molecule has 0 aromatic rings. The molecule has 174 valence electrons. The Labute approximate surface area is 190 Å². The Hall–Kier alpha value is -0.640. The van der Waals surface area contributed by atoms with Crippen LogP contribution in [0.25, 0.3) is 0 Å². The van der Waals surface area contributed by atoms with Gasteiger partial charge in [-0.3, -0.25) is 0 Å². The molecular weight excluding hydrogens is 384 g/mol. The number of hydrogen-bond donors (Lipinski definition) is 0. The monoisotopic (exact) mass is 428 g/mol. The van der Waals surface area contributed by atoms with Gasteiger partial charge in [-0.25, -0.2) is 0 Å². The average Bonchev–Trinajstić information content (AvgIpc) is 3.28. The molecule has 4 aliphatic carbocycles. The molecule has 0 unspecified atom stereocenters. The summed E-state index contributed by atoms with van der Waals surface area (Å²) in [6, 6.07) is 0. The molecule has 0 amide bonds. The molecule has 10 atom stereocenters. The summed E-state index contributed by atoms with van der Waals surface area (Å²) in [4.78, 5) is 0. The van der Waals surface area contributed by atoms with E-state index in [0.717, 1.165) is 24.7 Å². The van der Waals surface area contributed by atoms with Gasteiger partial charge in [0.1, 0.15) is 0 Å². The fraction of sp³-hybridized carbons (Fsp3) is 0.857. The van der Waals surface area contributed by atoms with Crippen LogP contribution in [0.15, 0.2) is 23.8 Å². The summed E-state index contributed by atoms with van der Waals surface area (Å²) in [5, 5.41) is 0. The zero-order chi connectivity index (χ0) is 22.2. The number of ether oxygens (including phenoxy) is 3. The first-order valence-electron chi connectivity index (χ1n) is 12.9. The molecule has 0 aromatic heterocycles. The van der Waals surface area contributed by atoms with Gasteiger partial charge < -0.3 is 14.2 Å². The fourth-order valence-corrected chi connectivity index (χ4v) is 9.16. The minimum atomic E-state index is -0.481. The zero-order valence-electron chi connectivity index (χ0n) is 20.7. The number of allylic oxidation sites excluding steroid dienone is 2. The lowest BCUT2D eigenvalue weighted by Gasteiger charge is -2.56. The molecule has 4 fully saturated rings. The lowest BCUT2D eigenvalue weighted by atomic mass is 9.49. The van der Waals surface area contributed by atoms with Crippen molar-refractivity contribution >= 4 is 0 Å². The van der Waals surface area contributed by atoms with Crippen molar-refractivity contribution in [1.82, 2.24) is 0 Å². The van der Waals surface area contributed by atoms with Crippen molar-refractivity contribution in [3.8, 4) is 0 Å². The third-order valence-corrected chi connectivity index (χ3v) is 10.6. The van der Waals surface area contributed by atoms with E-state index >= 15 is 0 Å². The van der Waals surface area contributed by atoms with Crippen LogP contribution in [0.3, 0.4) is 0 Å². The highest BCUT2D eigenvalue weighted by atomic mass is 16.8. The number of hydrogen-bond acceptors (Lipinski definition) is 3. The predicted molar refractivity (Wildman–Crippen MR) is 124 cm³/mol. The lowest BCUT2D eigenvalue weighted by Crippen LogP contribution is -2.48. The van der Waals surface area contributed by atoms with E-state index in [-0.39, 0.29) is 6.29 Å². The molecule has 1 aliphatic heterocycles. The van der Waals surface area contributed by atoms with Crippen molar-refractivity contribution in [3.63, 3.8) is 0 Å². The van der Waals surface area contributed by atoms with Crippen molar-refractivity contribution in [3.05, 3.63) is 23.8 Å². The lowest BCUT2D eigenvalue weighted by molar-refractivity contribution is -0.271. The highest BCUT2D eigenvalue weighted by Gasteiger charge is 2.65. The van der Waals surface area contributed by atoms with Gasteiger partial charge in [-0.2, -0.15) is 0 Å². The molecule has 0 radical (unpaired) electrons. The van der Waals surface area contributed by atoms with E-state index in [4.69, 9.17) is 14.2 Å². The maximum Gasteiger partial charge on any atom is 0.183 e. The maximum absolute atomic E-state index is 6.58. The van der Waals surface area contributed by atoms with Crippen LogP contribution >= 0.6 is 0 Å². The van der Waals surface area contributed by atoms with Crippen LogP contribution in [0.1, 0.15) is 79.6 Å². The largest absolute Gasteiger partial charge is 0.352 e. The van der Waals surface area contributed by atoms with Gasteiger partial charge >= 0.3 is 0 Å². The molecule has 31 heavy (non-hydrogen) atoms. The second-order valence-corrected chi connectivity index (χ2v) is 12.3. The van der Waals surface area contributed by atoms with E-state index in [9.17, 15) is 0 Å². The molecule has 0 N–H and O–H groups in total. The van der Waals surface area contributed by atoms with Crippen LogP contribution in [0.5, 0.6) is 0 Å². The minimum Gasteiger partial charge on any atom is -0.352 e. The van der Waals surface area contributed by atoms with Crippen molar-refractivity contribution in [2.75, 3.05) is 13.7 Å². The van der Waals surface area contributed by atoms with E-state index < -0.39 is 5.79 Å². The SMILES string of the molecule is C=C(C)[C@H]1CC[C@@]2(C)CC[C@]3(C)C[C@H]4[C@@H](C)C[C@@]5(OCC)O[C@H](OC)C(=CC[C@H]3[C@H]12)[C@@H]45. The Morgan fingerprint density at radius 3 is 2.61 bits per heavy atom. The smallest absolute Gasteiger partial charge is 0.183 e. The van der Waals surface area contributed by atoms with Crippen LogP contribution in [-0.2, 0) is 14.2 Å². The molecule has 3 heteroatoms. The molecule has 3 saturated carbocycles. The molecule has 5 aliphatic rings. The summed E-state index contributed by atoms with van der Waals surface area (Å²) < 4.78 is 18.9. The molecule has 0 spiro atoms. The number of rotatable bonds is 4. The Morgan fingerprint density at radius 1 is 1.19 bits per heavy atom. The third kappa shape index (κ3) is 3.09. The van der Waals surface area contributed by atoms with Crippen molar-refractivity contribution in [2.45, 2.75) is 91.6 Å². The third-order valence-electron chi connectivity index (χ3n) is 10.6. The number of methoxy groups -OCH3 is 1. The summed E-state index contributed by atoms with van der Waals surface area (Å²) in [6.45, 7) is 17.2. The Kier molecular flexibility index (Phi) is 5.32. The first-order valence-corrected chi connectivity index (χ1v) is 12.9. The molecule has 1 saturated heterocycles. The normalized spacial score (nSPS) is 53.2. The maximum atomic E-state index is 6.58. The van der Waals surface area contributed by atoms with Crippen molar-refractivity contribution in [1.29, 1.82) is 0 Å². The fourth-order valence-electron chi connectivity index (χ4n) is 9.16. The molecule has 3 nitrogen and oxygen atoms in total. The first kappa shape index (κ1) is 22.2. The van der Waals surface area contributed by atoms with Gasteiger partial charge in [-0.15, -0.1) is 0 Å². The molecule has 0 bridgehead atoms. The average molecular weight is 429 g/mol. The van der Waals surface area contributed by atoms with Crippen molar-refractivity contribution in [2.24, 2.45) is 46.3 Å². The summed E-state index contributed by atoms with van der Waals surface area (Å²) in [5.41, 5.74) is 3.66. The topological polar surface area (TPSA) is 27.7 Å². The van der Waals surface area contributed by atoms with E-state index in [2.05, 4.69) is 47.3 Å². The summed E-state index contributed by atoms with van der Waals surface area (Å²) in [5.74, 6) is 3.25. The van der Waals surface area contributed by atoms with Gasteiger partial charge in [0, 0.05) is 26.1 Å². The second kappa shape index (κ2) is 7.43. The van der Waals surface area contributed by atoms with Crippen LogP contribution in [0.4, 0.5) is 0 Å². The van der Waals surface area contributed by atoms with Gasteiger partial charge in [0.2, 0.25) is 0 Å². The Bertz CT molecular complexity index is 772. The van der Waals surface area contributed by atoms with Crippen LogP contribution in [0, 0.1) is 46.3 Å². The summed E-state index contributed by atoms with van der Waals surface area (Å²) in [7, 11) is 1.79. The van der Waals surface area contributed by atoms with E-state index in [0.29, 0.717) is 41.1 Å². The highest BCUT2D eigenvalue weighted by Crippen LogP contribution is 2.68. The summed E-state index contributed by atoms with van der Waals surface area (Å²) >= 11 is 0. The first-order chi connectivity index (χ1) is 14.7. The van der Waals surface area contributed by atoms with Gasteiger partial charge in [0.25, 0.3) is 0 Å². The van der Waals surface area contributed by atoms with Gasteiger partial charge in [-0.05, 0) is 98.4 Å². The molecule has 0 aromatic carbocycles. The quantitative estimate of drug-likeness (QED) is 0.464. The highest BCUT2D eigenvalue weighted by molar-refractivity contribution is 5.27. The van der Waals surface area contributed by atoms with Crippen LogP contribution in [-0.4, -0.2) is 25.8 Å². The molecule has 5 rings (SSSR count). The minimum absolute atomic E-state index is 0.244. The zero-order valence-corrected chi connectivity index (χ0v) is 20.7. The standard InChI is InChI=1S/C28H44O3/c1-8-30-28-15-18(4)21-16-27(6)14-13-26(5)12-11-19(17(2)3)24(26)22(27)10-9-20(23(21)28)25(29-7)31-28/h9,18-19,21-25H,2,8,10-16H2,1,3-7H3/t18-,19+,21-,22-,23-,24-,25-,26-,27+,28+/m0/s1. The van der Waals surface area contributed by atoms with Gasteiger partial charge in [0.05, 0.1) is 0 Å². The van der Waals surface area contributed by atoms with Crippen LogP contribution < -0.4 is 0 Å². The van der Waals surface area contributed by atoms with Crippen molar-refractivity contribution < 1.29 is 14.2 Å². The second-order valence-electron chi connectivity index (χ2n) is 12.3. The number of fused-ring (bicyclic) bond motifs is 3. The molecular formula is C28H44O3. The predicted octanol–water partition coefficient (Wildman–Crippen LogP) is 6.74. The Morgan fingerprint density at radius 2 is 1.94 bits per heavy atom. The molecule has 1 heterocycles. The summed E-state index contributed by atoms with van der Waals surface area (Å²) in [6.07, 6.45) is 11.2. The Balaban J connectivity index is 1.58. The van der Waals surface area contributed by atoms with Gasteiger partial charge in [0.15, 0.2) is 12.1 Å². The van der Waals surface area contributed by atoms with Crippen LogP contribution in [0.2, 0.25) is 0 Å². The van der Waals surface area contributed by atoms with Gasteiger partial charge in [-0.1, -0.05) is 39.0 Å². The van der Waals surface area contributed by atoms with E-state index in [1.807, 2.05) is 0 Å². The van der Waals surface area contributed by atoms with E-state index in [1.165, 1.54) is 43.3 Å². The van der Waals surface area contributed by atoms with E-state index in [1.54, 1.807) is 7.11 Å².